The van der Waals surface area contributed by atoms with E-state index in [9.17, 15) is 0 Å². The number of benzene rings is 1. The van der Waals surface area contributed by atoms with E-state index >= 15 is 0 Å². The molecular weight excluding hydrogens is 402 g/mol. The second-order valence-electron chi connectivity index (χ2n) is 10.3. The van der Waals surface area contributed by atoms with Crippen LogP contribution in [0, 0.1) is 11.8 Å². The van der Waals surface area contributed by atoms with Gasteiger partial charge in [-0.15, -0.1) is 0 Å². The molecule has 1 aliphatic carbocycles. The Morgan fingerprint density at radius 1 is 0.727 bits per heavy atom. The van der Waals surface area contributed by atoms with Crippen molar-refractivity contribution in [3.05, 3.63) is 48.2 Å². The molecule has 0 aliphatic heterocycles. The van der Waals surface area contributed by atoms with E-state index in [0.29, 0.717) is 0 Å². The van der Waals surface area contributed by atoms with Crippen LogP contribution in [0.1, 0.15) is 109 Å². The Morgan fingerprint density at radius 3 is 2.03 bits per heavy atom. The van der Waals surface area contributed by atoms with Gasteiger partial charge in [0, 0.05) is 11.8 Å². The lowest BCUT2D eigenvalue weighted by Gasteiger charge is -2.28. The minimum atomic E-state index is 0.812. The first-order chi connectivity index (χ1) is 16.3. The van der Waals surface area contributed by atoms with Crippen LogP contribution in [0.2, 0.25) is 0 Å². The molecule has 0 radical (unpaired) electrons. The lowest BCUT2D eigenvalue weighted by Crippen LogP contribution is -2.15. The van der Waals surface area contributed by atoms with E-state index in [4.69, 9.17) is 9.72 Å². The fourth-order valence-corrected chi connectivity index (χ4v) is 5.22. The quantitative estimate of drug-likeness (QED) is 0.253. The molecule has 0 N–H and O–H groups in total. The van der Waals surface area contributed by atoms with Crippen molar-refractivity contribution in [2.24, 2.45) is 11.8 Å². The van der Waals surface area contributed by atoms with Gasteiger partial charge in [0.05, 0.1) is 12.3 Å². The van der Waals surface area contributed by atoms with E-state index in [-0.39, 0.29) is 0 Å². The van der Waals surface area contributed by atoms with Crippen molar-refractivity contribution < 1.29 is 4.74 Å². The first-order valence-electron chi connectivity index (χ1n) is 14.0. The van der Waals surface area contributed by atoms with E-state index in [1.54, 1.807) is 0 Å². The number of hydrogen-bond donors (Lipinski definition) is 0. The summed E-state index contributed by atoms with van der Waals surface area (Å²) in [5, 5.41) is 0. The molecule has 2 heteroatoms. The van der Waals surface area contributed by atoms with Crippen molar-refractivity contribution in [2.45, 2.75) is 110 Å². The second kappa shape index (κ2) is 15.1. The van der Waals surface area contributed by atoms with Crippen molar-refractivity contribution in [3.8, 4) is 17.0 Å². The lowest BCUT2D eigenvalue weighted by atomic mass is 9.78. The van der Waals surface area contributed by atoms with E-state index in [0.717, 1.165) is 41.9 Å². The third kappa shape index (κ3) is 9.51. The van der Waals surface area contributed by atoms with Crippen LogP contribution in [0.25, 0.3) is 11.3 Å². The van der Waals surface area contributed by atoms with Gasteiger partial charge in [-0.2, -0.15) is 0 Å². The molecule has 182 valence electrons. The summed E-state index contributed by atoms with van der Waals surface area (Å²) in [6.07, 6.45) is 22.5. The van der Waals surface area contributed by atoms with E-state index in [1.807, 2.05) is 0 Å². The largest absolute Gasteiger partial charge is 0.494 e. The average Bonchev–Trinajstić information content (AvgIpc) is 2.87. The van der Waals surface area contributed by atoms with Gasteiger partial charge in [0.15, 0.2) is 0 Å². The van der Waals surface area contributed by atoms with Gasteiger partial charge >= 0.3 is 0 Å². The van der Waals surface area contributed by atoms with Gasteiger partial charge in [0.1, 0.15) is 5.75 Å². The third-order valence-electron chi connectivity index (χ3n) is 7.51. The molecular formula is C31H47NO. The van der Waals surface area contributed by atoms with Crippen LogP contribution in [-0.4, -0.2) is 11.6 Å². The van der Waals surface area contributed by atoms with Gasteiger partial charge in [-0.25, -0.2) is 0 Å². The normalized spacial score (nSPS) is 18.4. The highest BCUT2D eigenvalue weighted by Crippen LogP contribution is 2.34. The summed E-state index contributed by atoms with van der Waals surface area (Å²) >= 11 is 0. The molecule has 0 atom stereocenters. The van der Waals surface area contributed by atoms with Crippen molar-refractivity contribution in [3.63, 3.8) is 0 Å². The van der Waals surface area contributed by atoms with Crippen molar-refractivity contribution >= 4 is 0 Å². The molecule has 3 rings (SSSR count). The predicted octanol–water partition coefficient (Wildman–Crippen LogP) is 9.42. The summed E-state index contributed by atoms with van der Waals surface area (Å²) in [6.45, 7) is 5.35. The second-order valence-corrected chi connectivity index (χ2v) is 10.3. The zero-order valence-electron chi connectivity index (χ0n) is 21.4. The highest BCUT2D eigenvalue weighted by molar-refractivity contribution is 5.60. The van der Waals surface area contributed by atoms with Gasteiger partial charge in [-0.3, -0.25) is 4.98 Å². The standard InChI is InChI=1S/C31H47NO/c1-3-5-7-9-11-26-12-14-27(15-13-26)16-17-28-18-23-31(32-25-28)29-19-21-30(22-20-29)33-24-10-8-6-4-2/h18-23,25-27H,3-17,24H2,1-2H3. The molecule has 1 saturated carbocycles. The van der Waals surface area contributed by atoms with Crippen LogP contribution in [0.5, 0.6) is 5.75 Å². The van der Waals surface area contributed by atoms with Crippen LogP contribution in [0.3, 0.4) is 0 Å². The Hall–Kier alpha value is -1.83. The molecule has 2 aromatic rings. The third-order valence-corrected chi connectivity index (χ3v) is 7.51. The topological polar surface area (TPSA) is 22.1 Å². The van der Waals surface area contributed by atoms with Gasteiger partial charge < -0.3 is 4.74 Å². The minimum absolute atomic E-state index is 0.812. The minimum Gasteiger partial charge on any atom is -0.494 e. The number of aryl methyl sites for hydroxylation is 1. The smallest absolute Gasteiger partial charge is 0.119 e. The summed E-state index contributed by atoms with van der Waals surface area (Å²) in [5.41, 5.74) is 3.60. The van der Waals surface area contributed by atoms with Crippen molar-refractivity contribution in [1.82, 2.24) is 4.98 Å². The number of aromatic nitrogens is 1. The summed E-state index contributed by atoms with van der Waals surface area (Å²) in [7, 11) is 0. The highest BCUT2D eigenvalue weighted by atomic mass is 16.5. The fraction of sp³-hybridized carbons (Fsp3) is 0.645. The summed E-state index contributed by atoms with van der Waals surface area (Å²) < 4.78 is 5.87. The summed E-state index contributed by atoms with van der Waals surface area (Å²) in [6, 6.07) is 12.9. The van der Waals surface area contributed by atoms with Crippen LogP contribution < -0.4 is 4.74 Å². The molecule has 0 unspecified atom stereocenters. The molecule has 1 aliphatic rings. The molecule has 0 bridgehead atoms. The number of nitrogens with zero attached hydrogens (tertiary/aromatic N) is 1. The molecule has 1 aromatic heterocycles. The zero-order chi connectivity index (χ0) is 23.1. The van der Waals surface area contributed by atoms with E-state index in [1.165, 1.54) is 95.5 Å². The number of pyridine rings is 1. The van der Waals surface area contributed by atoms with Crippen LogP contribution in [-0.2, 0) is 6.42 Å². The Labute approximate surface area is 203 Å². The molecule has 33 heavy (non-hydrogen) atoms. The average molecular weight is 450 g/mol. The molecule has 2 nitrogen and oxygen atoms in total. The lowest BCUT2D eigenvalue weighted by molar-refractivity contribution is 0.249. The molecule has 1 fully saturated rings. The molecule has 1 aromatic carbocycles. The van der Waals surface area contributed by atoms with Crippen LogP contribution >= 0.6 is 0 Å². The summed E-state index contributed by atoms with van der Waals surface area (Å²) in [4.78, 5) is 4.76. The number of ether oxygens (including phenoxy) is 1. The predicted molar refractivity (Wildman–Crippen MR) is 142 cm³/mol. The maximum Gasteiger partial charge on any atom is 0.119 e. The fourth-order valence-electron chi connectivity index (χ4n) is 5.22. The van der Waals surface area contributed by atoms with Gasteiger partial charge in [-0.05, 0) is 67.0 Å². The molecule has 0 saturated heterocycles. The van der Waals surface area contributed by atoms with Gasteiger partial charge in [-0.1, -0.05) is 97.0 Å². The number of rotatable bonds is 15. The van der Waals surface area contributed by atoms with Crippen LogP contribution in [0.15, 0.2) is 42.6 Å². The summed E-state index contributed by atoms with van der Waals surface area (Å²) in [5.74, 6) is 2.89. The van der Waals surface area contributed by atoms with E-state index < -0.39 is 0 Å². The molecule has 0 spiro atoms. The number of unbranched alkanes of at least 4 members (excludes halogenated alkanes) is 6. The van der Waals surface area contributed by atoms with Gasteiger partial charge in [0.25, 0.3) is 0 Å². The maximum atomic E-state index is 5.87. The van der Waals surface area contributed by atoms with Gasteiger partial charge in [0.2, 0.25) is 0 Å². The Bertz CT molecular complexity index is 743. The maximum absolute atomic E-state index is 5.87. The highest BCUT2D eigenvalue weighted by Gasteiger charge is 2.20. The zero-order valence-corrected chi connectivity index (χ0v) is 21.4. The van der Waals surface area contributed by atoms with Crippen molar-refractivity contribution in [2.75, 3.05) is 6.61 Å². The van der Waals surface area contributed by atoms with E-state index in [2.05, 4.69) is 56.4 Å². The first kappa shape index (κ1) is 25.8. The monoisotopic (exact) mass is 449 g/mol. The molecule has 1 heterocycles. The number of hydrogen-bond acceptors (Lipinski definition) is 2. The van der Waals surface area contributed by atoms with Crippen LogP contribution in [0.4, 0.5) is 0 Å². The Kier molecular flexibility index (Phi) is 11.8. The first-order valence-corrected chi connectivity index (χ1v) is 14.0. The SMILES string of the molecule is CCCCCCOc1ccc(-c2ccc(CCC3CCC(CCCCCC)CC3)cn2)cc1. The Morgan fingerprint density at radius 2 is 1.39 bits per heavy atom. The van der Waals surface area contributed by atoms with Crippen molar-refractivity contribution in [1.29, 1.82) is 0 Å². The molecule has 0 amide bonds. The Balaban J connectivity index is 1.35.